The highest BCUT2D eigenvalue weighted by atomic mass is 16.4. The van der Waals surface area contributed by atoms with Crippen LogP contribution in [0.25, 0.3) is 0 Å². The monoisotopic (exact) mass is 820 g/mol. The summed E-state index contributed by atoms with van der Waals surface area (Å²) < 4.78 is 0. The van der Waals surface area contributed by atoms with Crippen molar-refractivity contribution in [2.75, 3.05) is 13.1 Å². The van der Waals surface area contributed by atoms with E-state index in [1.165, 1.54) is 24.3 Å². The number of carbonyl (C=O) groups is 7. The number of unbranched alkanes of at least 4 members (excludes halogenated alkanes) is 1. The first-order chi connectivity index (χ1) is 27.3. The van der Waals surface area contributed by atoms with Gasteiger partial charge in [-0.05, 0) is 81.0 Å². The molecular weight excluding hydrogens is 756 g/mol. The van der Waals surface area contributed by atoms with Crippen LogP contribution >= 0.6 is 0 Å². The van der Waals surface area contributed by atoms with Crippen LogP contribution in [0.2, 0.25) is 0 Å². The largest absolute Gasteiger partial charge is 0.508 e. The molecule has 0 aromatic heterocycles. The minimum Gasteiger partial charge on any atom is -0.508 e. The van der Waals surface area contributed by atoms with E-state index in [2.05, 4.69) is 31.6 Å². The van der Waals surface area contributed by atoms with Gasteiger partial charge in [0.25, 0.3) is 0 Å². The summed E-state index contributed by atoms with van der Waals surface area (Å²) in [6.07, 6.45) is 1.01. The number of carboxylic acids is 2. The molecular formula is C38H64N10O10. The van der Waals surface area contributed by atoms with Crippen LogP contribution in [0.5, 0.6) is 5.75 Å². The Balaban J connectivity index is 3.38. The molecule has 0 bridgehead atoms. The Kier molecular flexibility index (Phi) is 23.0. The fourth-order valence-electron chi connectivity index (χ4n) is 5.79. The predicted molar refractivity (Wildman–Crippen MR) is 216 cm³/mol. The Morgan fingerprint density at radius 2 is 1.22 bits per heavy atom. The molecule has 7 atom stereocenters. The molecule has 20 nitrogen and oxygen atoms in total. The van der Waals surface area contributed by atoms with Crippen LogP contribution < -0.4 is 49.5 Å². The smallest absolute Gasteiger partial charge is 0.326 e. The number of carboxylic acid groups (broad SMARTS) is 2. The van der Waals surface area contributed by atoms with Gasteiger partial charge in [0.15, 0.2) is 5.96 Å². The number of guanidine groups is 1. The Morgan fingerprint density at radius 3 is 1.74 bits per heavy atom. The van der Waals surface area contributed by atoms with Crippen LogP contribution in [0.15, 0.2) is 29.3 Å². The maximum atomic E-state index is 14.0. The number of phenolic OH excluding ortho intramolecular Hbond substituents is 1. The van der Waals surface area contributed by atoms with Gasteiger partial charge in [0, 0.05) is 19.4 Å². The molecule has 0 aliphatic rings. The molecule has 0 saturated carbocycles. The van der Waals surface area contributed by atoms with E-state index >= 15 is 0 Å². The zero-order valence-corrected chi connectivity index (χ0v) is 33.9. The zero-order valence-electron chi connectivity index (χ0n) is 33.9. The van der Waals surface area contributed by atoms with E-state index in [1.54, 1.807) is 13.8 Å². The van der Waals surface area contributed by atoms with Crippen molar-refractivity contribution in [2.24, 2.45) is 39.8 Å². The van der Waals surface area contributed by atoms with Crippen LogP contribution in [0.3, 0.4) is 0 Å². The van der Waals surface area contributed by atoms with Gasteiger partial charge in [-0.1, -0.05) is 46.2 Å². The Bertz CT molecular complexity index is 1540. The Morgan fingerprint density at radius 1 is 0.707 bits per heavy atom. The van der Waals surface area contributed by atoms with E-state index in [0.717, 1.165) is 0 Å². The lowest BCUT2D eigenvalue weighted by Crippen LogP contribution is -2.60. The molecule has 326 valence electrons. The van der Waals surface area contributed by atoms with E-state index in [9.17, 15) is 48.9 Å². The molecule has 58 heavy (non-hydrogen) atoms. The van der Waals surface area contributed by atoms with Gasteiger partial charge < -0.3 is 64.8 Å². The average Bonchev–Trinajstić information content (AvgIpc) is 3.15. The van der Waals surface area contributed by atoms with E-state index < -0.39 is 96.5 Å². The van der Waals surface area contributed by atoms with Crippen LogP contribution in [0.1, 0.15) is 91.0 Å². The molecule has 0 saturated heterocycles. The number of hydrogen-bond donors (Lipinski definition) is 12. The van der Waals surface area contributed by atoms with Crippen molar-refractivity contribution >= 4 is 47.4 Å². The molecule has 0 fully saturated rings. The maximum absolute atomic E-state index is 14.0. The Hall–Kier alpha value is -5.50. The van der Waals surface area contributed by atoms with Crippen molar-refractivity contribution in [1.29, 1.82) is 0 Å². The Labute approximate surface area is 339 Å². The van der Waals surface area contributed by atoms with Crippen LogP contribution in [0.4, 0.5) is 0 Å². The highest BCUT2D eigenvalue weighted by Crippen LogP contribution is 2.14. The topological polar surface area (TPSA) is 357 Å². The van der Waals surface area contributed by atoms with Crippen molar-refractivity contribution in [2.45, 2.75) is 128 Å². The molecule has 0 aliphatic carbocycles. The second kappa shape index (κ2) is 26.4. The number of aliphatic imine (C=N–C) groups is 1. The number of hydrogen-bond acceptors (Lipinski definition) is 11. The van der Waals surface area contributed by atoms with Gasteiger partial charge in [-0.3, -0.25) is 33.8 Å². The number of phenols is 1. The van der Waals surface area contributed by atoms with Gasteiger partial charge in [0.05, 0.1) is 6.04 Å². The average molecular weight is 821 g/mol. The number of rotatable bonds is 28. The van der Waals surface area contributed by atoms with E-state index in [-0.39, 0.29) is 49.9 Å². The first-order valence-corrected chi connectivity index (χ1v) is 19.5. The first-order valence-electron chi connectivity index (χ1n) is 19.5. The third-order valence-corrected chi connectivity index (χ3v) is 9.28. The van der Waals surface area contributed by atoms with Crippen LogP contribution in [-0.2, 0) is 40.0 Å². The number of nitrogens with one attached hydrogen (secondary N) is 5. The third kappa shape index (κ3) is 19.6. The van der Waals surface area contributed by atoms with Gasteiger partial charge in [0.2, 0.25) is 29.5 Å². The number of nitrogens with zero attached hydrogens (tertiary/aromatic N) is 1. The number of aromatic hydroxyl groups is 1. The number of benzene rings is 1. The summed E-state index contributed by atoms with van der Waals surface area (Å²) in [5.74, 6) is -7.21. The summed E-state index contributed by atoms with van der Waals surface area (Å²) in [5.41, 5.74) is 23.1. The van der Waals surface area contributed by atoms with Crippen LogP contribution in [-0.4, -0.2) is 112 Å². The maximum Gasteiger partial charge on any atom is 0.326 e. The van der Waals surface area contributed by atoms with Crippen molar-refractivity contribution in [3.8, 4) is 5.75 Å². The number of nitrogens with two attached hydrogens (primary N) is 4. The van der Waals surface area contributed by atoms with E-state index in [0.29, 0.717) is 37.8 Å². The lowest BCUT2D eigenvalue weighted by Gasteiger charge is -2.29. The first kappa shape index (κ1) is 50.5. The molecule has 0 heterocycles. The van der Waals surface area contributed by atoms with Gasteiger partial charge in [-0.25, -0.2) is 4.79 Å². The molecule has 0 spiro atoms. The molecule has 1 aromatic carbocycles. The van der Waals surface area contributed by atoms with Crippen molar-refractivity contribution in [3.63, 3.8) is 0 Å². The fraction of sp³-hybridized carbons (Fsp3) is 0.632. The van der Waals surface area contributed by atoms with Gasteiger partial charge >= 0.3 is 11.9 Å². The quantitative estimate of drug-likeness (QED) is 0.0272. The molecule has 5 amide bonds. The number of aliphatic carboxylic acids is 2. The zero-order chi connectivity index (χ0) is 43.9. The van der Waals surface area contributed by atoms with Crippen molar-refractivity contribution < 1.29 is 48.9 Å². The normalized spacial score (nSPS) is 14.7. The minimum atomic E-state index is -1.52. The summed E-state index contributed by atoms with van der Waals surface area (Å²) in [6, 6.07) is -1.90. The number of carbonyl (C=O) groups excluding carboxylic acids is 5. The lowest BCUT2D eigenvalue weighted by molar-refractivity contribution is -0.143. The predicted octanol–water partition coefficient (Wildman–Crippen LogP) is -1.09. The summed E-state index contributed by atoms with van der Waals surface area (Å²) in [7, 11) is 0. The van der Waals surface area contributed by atoms with Crippen molar-refractivity contribution in [1.82, 2.24) is 26.6 Å². The van der Waals surface area contributed by atoms with E-state index in [1.807, 2.05) is 13.8 Å². The van der Waals surface area contributed by atoms with Gasteiger partial charge in [-0.15, -0.1) is 0 Å². The summed E-state index contributed by atoms with van der Waals surface area (Å²) >= 11 is 0. The SMILES string of the molecule is CC[C@H](C)[C@H](NC(=O)[C@H](CCCN=C(N)N)NC(=O)[C@H](CCCCN)NC(=O)[C@@H](N)CC(C)C)C(=O)N[C@@H](CCC(=O)O)C(=O)N[C@@H](Cc1ccc(O)cc1)C(=O)O. The van der Waals surface area contributed by atoms with Gasteiger partial charge in [0.1, 0.15) is 36.0 Å². The summed E-state index contributed by atoms with van der Waals surface area (Å²) in [6.45, 7) is 7.66. The second-order valence-corrected chi connectivity index (χ2v) is 14.7. The minimum absolute atomic E-state index is 0.000772. The van der Waals surface area contributed by atoms with Crippen molar-refractivity contribution in [3.05, 3.63) is 29.8 Å². The molecule has 1 rings (SSSR count). The fourth-order valence-corrected chi connectivity index (χ4v) is 5.79. The highest BCUT2D eigenvalue weighted by molar-refractivity contribution is 5.96. The molecule has 1 aromatic rings. The molecule has 0 unspecified atom stereocenters. The molecule has 0 radical (unpaired) electrons. The molecule has 16 N–H and O–H groups in total. The molecule has 0 aliphatic heterocycles. The van der Waals surface area contributed by atoms with Gasteiger partial charge in [-0.2, -0.15) is 0 Å². The highest BCUT2D eigenvalue weighted by Gasteiger charge is 2.35. The summed E-state index contributed by atoms with van der Waals surface area (Å²) in [5, 5.41) is 41.7. The van der Waals surface area contributed by atoms with Crippen LogP contribution in [0, 0.1) is 11.8 Å². The standard InChI is InChI=1S/C38H64N10O10/c1-5-22(4)31(36(56)46-28(15-16-30(50)51)34(54)47-29(37(57)58)20-23-11-13-24(49)14-12-23)48-35(55)27(10-8-18-43-38(41)42)45-33(53)26(9-6-7-17-39)44-32(52)25(40)19-21(2)3/h11-14,21-22,25-29,31,49H,5-10,15-20,39-40H2,1-4H3,(H,44,52)(H,45,53)(H,46,56)(H,47,54)(H,48,55)(H,50,51)(H,57,58)(H4,41,42,43)/t22-,25-,26-,27-,28-,29-,31-/m0/s1. The third-order valence-electron chi connectivity index (χ3n) is 9.28. The number of amides is 5. The summed E-state index contributed by atoms with van der Waals surface area (Å²) in [4.78, 5) is 95.5. The lowest BCUT2D eigenvalue weighted by atomic mass is 9.96. The second-order valence-electron chi connectivity index (χ2n) is 14.7. The van der Waals surface area contributed by atoms with E-state index in [4.69, 9.17) is 22.9 Å². The molecule has 20 heteroatoms.